The molecule has 3 aromatic rings. The summed E-state index contributed by atoms with van der Waals surface area (Å²) < 4.78 is 0. The standard InChI is InChI=1S/C19H16N6/c1-2-6-16-15(5-1)21-12-14(22-16)7-8-17-23-19-18-13(4-3-10-20-18)9-11-25(19)24-17/h1-6,9-12,17,24H,7-8H2. The molecular formula is C19H16N6. The SMILES string of the molecule is C1=CN2NC(CCc3cnc4ccccc4n3)N=C2c2ncccc21. The molecule has 1 unspecified atom stereocenters. The summed E-state index contributed by atoms with van der Waals surface area (Å²) in [6, 6.07) is 11.9. The first-order valence-electron chi connectivity index (χ1n) is 8.34. The zero-order chi connectivity index (χ0) is 16.6. The molecule has 6 heteroatoms. The Morgan fingerprint density at radius 2 is 1.96 bits per heavy atom. The van der Waals surface area contributed by atoms with Crippen LogP contribution in [0.1, 0.15) is 23.4 Å². The molecule has 0 bridgehead atoms. The second-order valence-corrected chi connectivity index (χ2v) is 6.11. The number of aromatic nitrogens is 3. The smallest absolute Gasteiger partial charge is 0.170 e. The van der Waals surface area contributed by atoms with E-state index in [0.717, 1.165) is 46.7 Å². The molecule has 0 saturated carbocycles. The summed E-state index contributed by atoms with van der Waals surface area (Å²) in [5.74, 6) is 0.882. The van der Waals surface area contributed by atoms with Crippen LogP contribution < -0.4 is 5.43 Å². The highest BCUT2D eigenvalue weighted by Gasteiger charge is 2.28. The molecule has 0 saturated heterocycles. The average molecular weight is 328 g/mol. The minimum absolute atomic E-state index is 0.0147. The molecule has 1 atom stereocenters. The zero-order valence-corrected chi connectivity index (χ0v) is 13.5. The summed E-state index contributed by atoms with van der Waals surface area (Å²) in [7, 11) is 0. The van der Waals surface area contributed by atoms with Crippen LogP contribution in [0.15, 0.2) is 60.0 Å². The minimum Gasteiger partial charge on any atom is -0.263 e. The first-order chi connectivity index (χ1) is 12.4. The zero-order valence-electron chi connectivity index (χ0n) is 13.5. The molecule has 5 rings (SSSR count). The highest BCUT2D eigenvalue weighted by atomic mass is 15.6. The Hall–Kier alpha value is -3.12. The van der Waals surface area contributed by atoms with E-state index in [-0.39, 0.29) is 6.17 Å². The van der Waals surface area contributed by atoms with E-state index in [0.29, 0.717) is 0 Å². The van der Waals surface area contributed by atoms with Crippen LogP contribution >= 0.6 is 0 Å². The van der Waals surface area contributed by atoms with Crippen LogP contribution in [0.3, 0.4) is 0 Å². The molecule has 0 amide bonds. The Kier molecular flexibility index (Phi) is 3.28. The normalized spacial score (nSPS) is 18.2. The topological polar surface area (TPSA) is 66.3 Å². The number of amidine groups is 1. The summed E-state index contributed by atoms with van der Waals surface area (Å²) in [4.78, 5) is 18.4. The van der Waals surface area contributed by atoms with Gasteiger partial charge in [-0.05, 0) is 37.1 Å². The fourth-order valence-corrected chi connectivity index (χ4v) is 3.17. The third-order valence-electron chi connectivity index (χ3n) is 4.42. The average Bonchev–Trinajstić information content (AvgIpc) is 3.10. The maximum atomic E-state index is 4.80. The van der Waals surface area contributed by atoms with Crippen LogP contribution in [-0.2, 0) is 6.42 Å². The van der Waals surface area contributed by atoms with E-state index >= 15 is 0 Å². The molecule has 4 heterocycles. The third-order valence-corrected chi connectivity index (χ3v) is 4.42. The van der Waals surface area contributed by atoms with Gasteiger partial charge < -0.3 is 0 Å². The Bertz CT molecular complexity index is 1010. The Morgan fingerprint density at radius 1 is 1.04 bits per heavy atom. The number of pyridine rings is 1. The molecule has 0 spiro atoms. The summed E-state index contributed by atoms with van der Waals surface area (Å²) >= 11 is 0. The Labute approximate surface area is 144 Å². The second-order valence-electron chi connectivity index (χ2n) is 6.11. The van der Waals surface area contributed by atoms with Crippen LogP contribution in [0.5, 0.6) is 0 Å². The molecular weight excluding hydrogens is 312 g/mol. The summed E-state index contributed by atoms with van der Waals surface area (Å²) in [5.41, 5.74) is 8.26. The number of aliphatic imine (C=N–C) groups is 1. The first-order valence-corrected chi connectivity index (χ1v) is 8.34. The summed E-state index contributed by atoms with van der Waals surface area (Å²) in [6.07, 6.45) is 9.39. The molecule has 2 aliphatic rings. The Morgan fingerprint density at radius 3 is 2.92 bits per heavy atom. The number of nitrogens with zero attached hydrogens (tertiary/aromatic N) is 5. The van der Waals surface area contributed by atoms with Gasteiger partial charge in [0.1, 0.15) is 11.9 Å². The molecule has 1 N–H and O–H groups in total. The highest BCUT2D eigenvalue weighted by molar-refractivity contribution is 6.03. The van der Waals surface area contributed by atoms with E-state index in [1.54, 1.807) is 6.20 Å². The van der Waals surface area contributed by atoms with Crippen molar-refractivity contribution in [3.05, 3.63) is 71.9 Å². The minimum atomic E-state index is 0.0147. The van der Waals surface area contributed by atoms with Crippen LogP contribution in [0, 0.1) is 0 Å². The monoisotopic (exact) mass is 328 g/mol. The van der Waals surface area contributed by atoms with Gasteiger partial charge in [0.2, 0.25) is 0 Å². The molecule has 25 heavy (non-hydrogen) atoms. The lowest BCUT2D eigenvalue weighted by atomic mass is 10.1. The molecule has 2 aromatic heterocycles. The van der Waals surface area contributed by atoms with Gasteiger partial charge in [-0.1, -0.05) is 18.2 Å². The molecule has 0 radical (unpaired) electrons. The number of hydrogen-bond acceptors (Lipinski definition) is 6. The van der Waals surface area contributed by atoms with Crippen molar-refractivity contribution in [2.75, 3.05) is 0 Å². The lowest BCUT2D eigenvalue weighted by Crippen LogP contribution is -2.38. The van der Waals surface area contributed by atoms with Gasteiger partial charge in [-0.2, -0.15) is 0 Å². The molecule has 122 valence electrons. The van der Waals surface area contributed by atoms with Crippen LogP contribution in [0.2, 0.25) is 0 Å². The Balaban J connectivity index is 1.34. The number of para-hydroxylation sites is 2. The predicted octanol–water partition coefficient (Wildman–Crippen LogP) is 2.53. The molecule has 1 aromatic carbocycles. The lowest BCUT2D eigenvalue weighted by Gasteiger charge is -2.21. The van der Waals surface area contributed by atoms with Crippen LogP contribution in [0.4, 0.5) is 0 Å². The number of nitrogens with one attached hydrogen (secondary N) is 1. The van der Waals surface area contributed by atoms with Gasteiger partial charge >= 0.3 is 0 Å². The predicted molar refractivity (Wildman–Crippen MR) is 96.4 cm³/mol. The molecule has 0 aliphatic carbocycles. The molecule has 6 nitrogen and oxygen atoms in total. The number of hydrazine groups is 1. The summed E-state index contributed by atoms with van der Waals surface area (Å²) in [6.45, 7) is 0. The van der Waals surface area contributed by atoms with E-state index < -0.39 is 0 Å². The van der Waals surface area contributed by atoms with Gasteiger partial charge in [-0.15, -0.1) is 0 Å². The van der Waals surface area contributed by atoms with Crippen molar-refractivity contribution in [3.63, 3.8) is 0 Å². The largest absolute Gasteiger partial charge is 0.263 e. The van der Waals surface area contributed by atoms with Crippen LogP contribution in [-0.4, -0.2) is 32.0 Å². The van der Waals surface area contributed by atoms with E-state index in [1.807, 2.05) is 53.8 Å². The van der Waals surface area contributed by atoms with E-state index in [9.17, 15) is 0 Å². The number of aryl methyl sites for hydroxylation is 1. The second kappa shape index (κ2) is 5.75. The van der Waals surface area contributed by atoms with Crippen molar-refractivity contribution in [3.8, 4) is 0 Å². The fraction of sp³-hybridized carbons (Fsp3) is 0.158. The summed E-state index contributed by atoms with van der Waals surface area (Å²) in [5, 5.41) is 1.95. The van der Waals surface area contributed by atoms with Gasteiger partial charge in [0.05, 0.1) is 16.7 Å². The maximum Gasteiger partial charge on any atom is 0.170 e. The van der Waals surface area contributed by atoms with Crippen molar-refractivity contribution in [1.82, 2.24) is 25.4 Å². The van der Waals surface area contributed by atoms with Gasteiger partial charge in [0.25, 0.3) is 0 Å². The number of rotatable bonds is 3. The number of fused-ring (bicyclic) bond motifs is 4. The van der Waals surface area contributed by atoms with Gasteiger partial charge in [-0.25, -0.2) is 15.4 Å². The quantitative estimate of drug-likeness (QED) is 0.800. The van der Waals surface area contributed by atoms with E-state index in [4.69, 9.17) is 4.99 Å². The first kappa shape index (κ1) is 14.2. The van der Waals surface area contributed by atoms with E-state index in [2.05, 4.69) is 26.4 Å². The van der Waals surface area contributed by atoms with Gasteiger partial charge in [0, 0.05) is 24.2 Å². The maximum absolute atomic E-state index is 4.80. The fourth-order valence-electron chi connectivity index (χ4n) is 3.17. The van der Waals surface area contributed by atoms with Crippen molar-refractivity contribution in [2.45, 2.75) is 19.0 Å². The third kappa shape index (κ3) is 2.56. The highest BCUT2D eigenvalue weighted by Crippen LogP contribution is 2.22. The van der Waals surface area contributed by atoms with Crippen molar-refractivity contribution < 1.29 is 0 Å². The lowest BCUT2D eigenvalue weighted by molar-refractivity contribution is 0.367. The van der Waals surface area contributed by atoms with Crippen molar-refractivity contribution >= 4 is 22.9 Å². The van der Waals surface area contributed by atoms with E-state index in [1.165, 1.54) is 0 Å². The van der Waals surface area contributed by atoms with Gasteiger partial charge in [-0.3, -0.25) is 15.0 Å². The van der Waals surface area contributed by atoms with Crippen LogP contribution in [0.25, 0.3) is 17.1 Å². The molecule has 0 fully saturated rings. The van der Waals surface area contributed by atoms with Gasteiger partial charge in [0.15, 0.2) is 5.84 Å². The van der Waals surface area contributed by atoms with Crippen molar-refractivity contribution in [1.29, 1.82) is 0 Å². The van der Waals surface area contributed by atoms with Crippen molar-refractivity contribution in [2.24, 2.45) is 4.99 Å². The number of benzene rings is 1. The number of hydrogen-bond donors (Lipinski definition) is 1. The molecule has 2 aliphatic heterocycles.